The number of rotatable bonds is 8. The Morgan fingerprint density at radius 2 is 1.72 bits per heavy atom. The Balaban J connectivity index is 1.46. The molecule has 2 aliphatic heterocycles. The van der Waals surface area contributed by atoms with Crippen molar-refractivity contribution in [2.75, 3.05) is 46.0 Å². The molecular formula is C29H37ClN2O4. The number of aryl methyl sites for hydroxylation is 1. The minimum atomic E-state index is -0.325. The fourth-order valence-corrected chi connectivity index (χ4v) is 5.34. The van der Waals surface area contributed by atoms with E-state index in [1.54, 1.807) is 0 Å². The van der Waals surface area contributed by atoms with E-state index in [9.17, 15) is 9.59 Å². The fourth-order valence-electron chi connectivity index (χ4n) is 5.22. The number of hydrogen-bond acceptors (Lipinski definition) is 4. The lowest BCUT2D eigenvalue weighted by Crippen LogP contribution is -2.50. The van der Waals surface area contributed by atoms with Gasteiger partial charge in [0.15, 0.2) is 0 Å². The Morgan fingerprint density at radius 3 is 2.36 bits per heavy atom. The summed E-state index contributed by atoms with van der Waals surface area (Å²) in [5, 5.41) is 0.704. The zero-order chi connectivity index (χ0) is 25.5. The Hall–Kier alpha value is -2.57. The highest BCUT2D eigenvalue weighted by molar-refractivity contribution is 6.31. The van der Waals surface area contributed by atoms with Gasteiger partial charge in [-0.05, 0) is 55.5 Å². The molecule has 36 heavy (non-hydrogen) atoms. The first-order valence-corrected chi connectivity index (χ1v) is 13.4. The number of hydrogen-bond donors (Lipinski definition) is 0. The van der Waals surface area contributed by atoms with Crippen molar-refractivity contribution in [2.24, 2.45) is 5.41 Å². The molecule has 2 heterocycles. The molecule has 0 aromatic heterocycles. The predicted octanol–water partition coefficient (Wildman–Crippen LogP) is 5.08. The van der Waals surface area contributed by atoms with Crippen LogP contribution in [0.15, 0.2) is 48.5 Å². The van der Waals surface area contributed by atoms with Gasteiger partial charge in [0.05, 0.1) is 25.7 Å². The second kappa shape index (κ2) is 12.1. The molecule has 0 spiro atoms. The molecule has 2 aromatic carbocycles. The van der Waals surface area contributed by atoms with Crippen molar-refractivity contribution in [3.05, 3.63) is 64.7 Å². The average molecular weight is 513 g/mol. The normalized spacial score (nSPS) is 18.5. The van der Waals surface area contributed by atoms with Crippen LogP contribution < -0.4 is 4.74 Å². The molecule has 0 saturated carbocycles. The van der Waals surface area contributed by atoms with Crippen LogP contribution in [-0.4, -0.2) is 67.6 Å². The second-order valence-electron chi connectivity index (χ2n) is 10.1. The van der Waals surface area contributed by atoms with Gasteiger partial charge in [-0.25, -0.2) is 0 Å². The highest BCUT2D eigenvalue weighted by Crippen LogP contribution is 2.38. The topological polar surface area (TPSA) is 59.1 Å². The van der Waals surface area contributed by atoms with E-state index in [4.69, 9.17) is 21.1 Å². The van der Waals surface area contributed by atoms with Crippen LogP contribution in [0.1, 0.15) is 49.7 Å². The minimum absolute atomic E-state index is 0.137. The van der Waals surface area contributed by atoms with E-state index in [1.807, 2.05) is 65.3 Å². The molecule has 0 N–H and O–H groups in total. The molecule has 0 bridgehead atoms. The Morgan fingerprint density at radius 1 is 1.03 bits per heavy atom. The van der Waals surface area contributed by atoms with Gasteiger partial charge in [0, 0.05) is 43.0 Å². The van der Waals surface area contributed by atoms with Gasteiger partial charge in [-0.15, -0.1) is 0 Å². The van der Waals surface area contributed by atoms with Gasteiger partial charge >= 0.3 is 0 Å². The molecule has 2 amide bonds. The number of likely N-dealkylation sites (tertiary alicyclic amines) is 1. The molecule has 0 aliphatic carbocycles. The van der Waals surface area contributed by atoms with Gasteiger partial charge in [0.2, 0.25) is 11.8 Å². The van der Waals surface area contributed by atoms with Crippen molar-refractivity contribution in [1.82, 2.24) is 9.80 Å². The first-order chi connectivity index (χ1) is 17.4. The molecule has 7 heteroatoms. The molecule has 4 rings (SSSR count). The van der Waals surface area contributed by atoms with Crippen molar-refractivity contribution >= 4 is 23.4 Å². The van der Waals surface area contributed by atoms with Crippen LogP contribution in [0.4, 0.5) is 0 Å². The molecular weight excluding hydrogens is 476 g/mol. The van der Waals surface area contributed by atoms with Crippen LogP contribution in [0.2, 0.25) is 5.02 Å². The predicted molar refractivity (Wildman–Crippen MR) is 141 cm³/mol. The van der Waals surface area contributed by atoms with Crippen molar-refractivity contribution in [1.29, 1.82) is 0 Å². The Kier molecular flexibility index (Phi) is 8.91. The molecule has 2 saturated heterocycles. The van der Waals surface area contributed by atoms with Gasteiger partial charge in [-0.3, -0.25) is 9.59 Å². The third-order valence-electron chi connectivity index (χ3n) is 7.61. The van der Waals surface area contributed by atoms with Gasteiger partial charge in [-0.1, -0.05) is 48.9 Å². The number of benzene rings is 2. The molecule has 0 radical (unpaired) electrons. The van der Waals surface area contributed by atoms with Gasteiger partial charge in [0.25, 0.3) is 0 Å². The Labute approximate surface area is 219 Å². The number of morpholine rings is 1. The molecule has 0 unspecified atom stereocenters. The molecule has 2 fully saturated rings. The summed E-state index contributed by atoms with van der Waals surface area (Å²) in [5.41, 5.74) is 1.69. The zero-order valence-corrected chi connectivity index (χ0v) is 22.1. The summed E-state index contributed by atoms with van der Waals surface area (Å²) in [5.74, 6) is 0.932. The van der Waals surface area contributed by atoms with Crippen molar-refractivity contribution in [3.8, 4) is 5.75 Å². The second-order valence-corrected chi connectivity index (χ2v) is 10.5. The number of piperidine rings is 1. The largest absolute Gasteiger partial charge is 0.493 e. The number of amides is 2. The van der Waals surface area contributed by atoms with E-state index in [-0.39, 0.29) is 23.1 Å². The van der Waals surface area contributed by atoms with Crippen LogP contribution in [0.3, 0.4) is 0 Å². The van der Waals surface area contributed by atoms with E-state index in [0.29, 0.717) is 57.4 Å². The summed E-state index contributed by atoms with van der Waals surface area (Å²) in [6.45, 7) is 8.13. The molecule has 2 aliphatic rings. The van der Waals surface area contributed by atoms with Gasteiger partial charge in [-0.2, -0.15) is 0 Å². The average Bonchev–Trinajstić information content (AvgIpc) is 2.91. The third-order valence-corrected chi connectivity index (χ3v) is 8.03. The SMILES string of the molecule is CC[C@@H](C(=O)N1CCC(COc2ccc(Cl)c(C)c2)(CC(=O)N2CCOCC2)CC1)c1ccccc1. The van der Waals surface area contributed by atoms with Crippen molar-refractivity contribution in [3.63, 3.8) is 0 Å². The van der Waals surface area contributed by atoms with Crippen LogP contribution in [0, 0.1) is 12.3 Å². The maximum atomic E-state index is 13.5. The van der Waals surface area contributed by atoms with Crippen molar-refractivity contribution in [2.45, 2.75) is 45.4 Å². The summed E-state index contributed by atoms with van der Waals surface area (Å²) in [7, 11) is 0. The molecule has 194 valence electrons. The van der Waals surface area contributed by atoms with E-state index in [1.165, 1.54) is 0 Å². The number of ether oxygens (including phenoxy) is 2. The first kappa shape index (κ1) is 26.5. The summed E-state index contributed by atoms with van der Waals surface area (Å²) in [6, 6.07) is 15.7. The first-order valence-electron chi connectivity index (χ1n) is 13.0. The molecule has 1 atom stereocenters. The van der Waals surface area contributed by atoms with E-state index >= 15 is 0 Å². The van der Waals surface area contributed by atoms with Gasteiger partial charge in [0.1, 0.15) is 5.75 Å². The van der Waals surface area contributed by atoms with Crippen LogP contribution in [0.5, 0.6) is 5.75 Å². The third kappa shape index (κ3) is 6.40. The summed E-state index contributed by atoms with van der Waals surface area (Å²) >= 11 is 6.19. The maximum absolute atomic E-state index is 13.5. The number of nitrogens with zero attached hydrogens (tertiary/aromatic N) is 2. The number of carbonyl (C=O) groups excluding carboxylic acids is 2. The lowest BCUT2D eigenvalue weighted by Gasteiger charge is -2.43. The summed E-state index contributed by atoms with van der Waals surface area (Å²) in [6.07, 6.45) is 2.63. The summed E-state index contributed by atoms with van der Waals surface area (Å²) < 4.78 is 11.7. The smallest absolute Gasteiger partial charge is 0.230 e. The van der Waals surface area contributed by atoms with Crippen molar-refractivity contribution < 1.29 is 19.1 Å². The summed E-state index contributed by atoms with van der Waals surface area (Å²) in [4.78, 5) is 30.6. The zero-order valence-electron chi connectivity index (χ0n) is 21.4. The fraction of sp³-hybridized carbons (Fsp3) is 0.517. The molecule has 2 aromatic rings. The quantitative estimate of drug-likeness (QED) is 0.495. The maximum Gasteiger partial charge on any atom is 0.230 e. The minimum Gasteiger partial charge on any atom is -0.493 e. The monoisotopic (exact) mass is 512 g/mol. The number of halogens is 1. The van der Waals surface area contributed by atoms with Crippen LogP contribution in [0.25, 0.3) is 0 Å². The number of carbonyl (C=O) groups is 2. The van der Waals surface area contributed by atoms with Crippen LogP contribution >= 0.6 is 11.6 Å². The molecule has 6 nitrogen and oxygen atoms in total. The van der Waals surface area contributed by atoms with Gasteiger partial charge < -0.3 is 19.3 Å². The standard InChI is InChI=1S/C29H37ClN2O4/c1-3-25(23-7-5-4-6-8-23)28(34)32-13-11-29(12-14-32,20-27(33)31-15-17-35-18-16-31)21-36-24-9-10-26(30)22(2)19-24/h4-10,19,25H,3,11-18,20-21H2,1-2H3/t25-/m1/s1. The van der Waals surface area contributed by atoms with Crippen LogP contribution in [-0.2, 0) is 14.3 Å². The highest BCUT2D eigenvalue weighted by atomic mass is 35.5. The Bertz CT molecular complexity index is 1030. The van der Waals surface area contributed by atoms with E-state index in [2.05, 4.69) is 6.92 Å². The van der Waals surface area contributed by atoms with E-state index < -0.39 is 0 Å². The lowest BCUT2D eigenvalue weighted by atomic mass is 9.75. The lowest BCUT2D eigenvalue weighted by molar-refractivity contribution is -0.141. The van der Waals surface area contributed by atoms with E-state index in [0.717, 1.165) is 36.1 Å². The highest BCUT2D eigenvalue weighted by Gasteiger charge is 2.40.